The van der Waals surface area contributed by atoms with E-state index in [1.165, 1.54) is 0 Å². The standard InChI is InChI=1S/C24H26N2O5/c1-17-21(26-22(31-17)18-7-3-2-4-8-18)9-5-13-29-20-11-10-19(25-16-20)15-24(23(27)28)12-6-14-30-24/h2-4,7-8,10-11,16H,5-6,9,12-15H2,1H3,(H,27,28). The van der Waals surface area contributed by atoms with Crippen molar-refractivity contribution in [2.75, 3.05) is 13.2 Å². The third kappa shape index (κ3) is 4.94. The van der Waals surface area contributed by atoms with E-state index < -0.39 is 11.6 Å². The van der Waals surface area contributed by atoms with Crippen molar-refractivity contribution in [1.82, 2.24) is 9.97 Å². The van der Waals surface area contributed by atoms with Crippen LogP contribution in [0.3, 0.4) is 0 Å². The second-order valence-electron chi connectivity index (χ2n) is 7.75. The molecule has 1 aromatic carbocycles. The normalized spacial score (nSPS) is 18.2. The fraction of sp³-hybridized carbons (Fsp3) is 0.375. The number of aromatic nitrogens is 2. The molecule has 7 heteroatoms. The average Bonchev–Trinajstić information content (AvgIpc) is 3.41. The van der Waals surface area contributed by atoms with Crippen LogP contribution in [0, 0.1) is 6.92 Å². The van der Waals surface area contributed by atoms with E-state index in [2.05, 4.69) is 9.97 Å². The summed E-state index contributed by atoms with van der Waals surface area (Å²) in [5, 5.41) is 9.51. The van der Waals surface area contributed by atoms with Crippen LogP contribution < -0.4 is 4.74 Å². The highest BCUT2D eigenvalue weighted by atomic mass is 16.5. The third-order valence-electron chi connectivity index (χ3n) is 5.50. The van der Waals surface area contributed by atoms with Crippen LogP contribution in [0.5, 0.6) is 5.75 Å². The summed E-state index contributed by atoms with van der Waals surface area (Å²) in [6, 6.07) is 13.5. The van der Waals surface area contributed by atoms with Crippen LogP contribution in [-0.4, -0.2) is 39.9 Å². The van der Waals surface area contributed by atoms with Crippen molar-refractivity contribution < 1.29 is 23.8 Å². The van der Waals surface area contributed by atoms with E-state index in [4.69, 9.17) is 13.9 Å². The van der Waals surface area contributed by atoms with Crippen LogP contribution >= 0.6 is 0 Å². The van der Waals surface area contributed by atoms with E-state index in [1.807, 2.05) is 43.3 Å². The van der Waals surface area contributed by atoms with E-state index in [0.717, 1.165) is 36.3 Å². The summed E-state index contributed by atoms with van der Waals surface area (Å²) in [7, 11) is 0. The number of rotatable bonds is 9. The van der Waals surface area contributed by atoms with Crippen LogP contribution in [0.2, 0.25) is 0 Å². The lowest BCUT2D eigenvalue weighted by Crippen LogP contribution is -2.40. The highest BCUT2D eigenvalue weighted by Gasteiger charge is 2.43. The summed E-state index contributed by atoms with van der Waals surface area (Å²) < 4.78 is 17.1. The molecule has 3 aromatic rings. The second kappa shape index (κ2) is 9.31. The van der Waals surface area contributed by atoms with Gasteiger partial charge in [0.1, 0.15) is 11.5 Å². The Hall–Kier alpha value is -3.19. The number of pyridine rings is 1. The number of aryl methyl sites for hydroxylation is 2. The van der Waals surface area contributed by atoms with Gasteiger partial charge in [-0.15, -0.1) is 0 Å². The van der Waals surface area contributed by atoms with Crippen molar-refractivity contribution in [2.24, 2.45) is 0 Å². The maximum atomic E-state index is 11.6. The molecule has 1 saturated heterocycles. The molecule has 1 fully saturated rings. The fourth-order valence-electron chi connectivity index (χ4n) is 3.77. The van der Waals surface area contributed by atoms with Gasteiger partial charge in [0.2, 0.25) is 5.89 Å². The number of nitrogens with zero attached hydrogens (tertiary/aromatic N) is 2. The molecule has 2 aromatic heterocycles. The van der Waals surface area contributed by atoms with Crippen LogP contribution in [0.25, 0.3) is 11.5 Å². The van der Waals surface area contributed by atoms with E-state index in [-0.39, 0.29) is 6.42 Å². The summed E-state index contributed by atoms with van der Waals surface area (Å²) in [6.45, 7) is 2.93. The molecular weight excluding hydrogens is 396 g/mol. The van der Waals surface area contributed by atoms with Gasteiger partial charge in [-0.3, -0.25) is 4.98 Å². The Bertz CT molecular complexity index is 1010. The number of benzene rings is 1. The molecule has 7 nitrogen and oxygen atoms in total. The Balaban J connectivity index is 1.27. The van der Waals surface area contributed by atoms with Gasteiger partial charge in [0.05, 0.1) is 18.5 Å². The van der Waals surface area contributed by atoms with Crippen LogP contribution in [0.15, 0.2) is 53.1 Å². The zero-order chi connectivity index (χ0) is 21.7. The van der Waals surface area contributed by atoms with E-state index >= 15 is 0 Å². The predicted octanol–water partition coefficient (Wildman–Crippen LogP) is 4.23. The summed E-state index contributed by atoms with van der Waals surface area (Å²) in [5.74, 6) is 1.19. The molecule has 31 heavy (non-hydrogen) atoms. The van der Waals surface area contributed by atoms with Crippen LogP contribution in [-0.2, 0) is 22.4 Å². The molecular formula is C24H26N2O5. The topological polar surface area (TPSA) is 94.7 Å². The van der Waals surface area contributed by atoms with Crippen LogP contribution in [0.1, 0.15) is 36.4 Å². The minimum Gasteiger partial charge on any atom is -0.492 e. The summed E-state index contributed by atoms with van der Waals surface area (Å²) >= 11 is 0. The number of oxazole rings is 1. The average molecular weight is 422 g/mol. The number of ether oxygens (including phenoxy) is 2. The van der Waals surface area contributed by atoms with Gasteiger partial charge in [-0.1, -0.05) is 18.2 Å². The minimum atomic E-state index is -1.15. The summed E-state index contributed by atoms with van der Waals surface area (Å²) in [6.07, 6.45) is 4.71. The first-order valence-electron chi connectivity index (χ1n) is 10.5. The van der Waals surface area contributed by atoms with Gasteiger partial charge < -0.3 is 19.0 Å². The number of carboxylic acid groups (broad SMARTS) is 1. The van der Waals surface area contributed by atoms with Crippen molar-refractivity contribution >= 4 is 5.97 Å². The first-order chi connectivity index (χ1) is 15.1. The largest absolute Gasteiger partial charge is 0.492 e. The molecule has 1 atom stereocenters. The Morgan fingerprint density at radius 3 is 2.74 bits per heavy atom. The first kappa shape index (κ1) is 21.1. The molecule has 1 aliphatic heterocycles. The molecule has 0 saturated carbocycles. The number of hydrogen-bond donors (Lipinski definition) is 1. The fourth-order valence-corrected chi connectivity index (χ4v) is 3.77. The summed E-state index contributed by atoms with van der Waals surface area (Å²) in [5.41, 5.74) is 1.44. The van der Waals surface area contributed by atoms with Gasteiger partial charge in [-0.25, -0.2) is 9.78 Å². The van der Waals surface area contributed by atoms with Crippen molar-refractivity contribution in [3.63, 3.8) is 0 Å². The van der Waals surface area contributed by atoms with Crippen molar-refractivity contribution in [1.29, 1.82) is 0 Å². The maximum Gasteiger partial charge on any atom is 0.336 e. The Morgan fingerprint density at radius 2 is 2.06 bits per heavy atom. The lowest BCUT2D eigenvalue weighted by atomic mass is 9.94. The van der Waals surface area contributed by atoms with Crippen molar-refractivity contribution in [3.05, 3.63) is 65.8 Å². The number of aliphatic carboxylic acids is 1. The smallest absolute Gasteiger partial charge is 0.336 e. The highest BCUT2D eigenvalue weighted by molar-refractivity contribution is 5.78. The van der Waals surface area contributed by atoms with E-state index in [0.29, 0.717) is 37.0 Å². The molecule has 0 bridgehead atoms. The number of hydrogen-bond acceptors (Lipinski definition) is 6. The van der Waals surface area contributed by atoms with Gasteiger partial charge in [-0.2, -0.15) is 0 Å². The molecule has 0 aliphatic carbocycles. The monoisotopic (exact) mass is 422 g/mol. The minimum absolute atomic E-state index is 0.262. The Morgan fingerprint density at radius 1 is 1.23 bits per heavy atom. The Kier molecular flexibility index (Phi) is 6.32. The quantitative estimate of drug-likeness (QED) is 0.516. The van der Waals surface area contributed by atoms with Crippen molar-refractivity contribution in [3.8, 4) is 17.2 Å². The van der Waals surface area contributed by atoms with Gasteiger partial charge in [0.15, 0.2) is 5.60 Å². The van der Waals surface area contributed by atoms with E-state index in [1.54, 1.807) is 12.3 Å². The van der Waals surface area contributed by atoms with Gasteiger partial charge in [0, 0.05) is 24.3 Å². The molecule has 0 radical (unpaired) electrons. The SMILES string of the molecule is Cc1oc(-c2ccccc2)nc1CCCOc1ccc(CC2(C(=O)O)CCCO2)nc1. The maximum absolute atomic E-state index is 11.6. The molecule has 1 unspecified atom stereocenters. The number of carboxylic acids is 1. The second-order valence-corrected chi connectivity index (χ2v) is 7.75. The molecule has 4 rings (SSSR count). The van der Waals surface area contributed by atoms with Gasteiger partial charge in [0.25, 0.3) is 0 Å². The molecule has 1 N–H and O–H groups in total. The zero-order valence-electron chi connectivity index (χ0n) is 17.5. The molecule has 3 heterocycles. The molecule has 0 amide bonds. The van der Waals surface area contributed by atoms with Gasteiger partial charge in [-0.05, 0) is 56.9 Å². The van der Waals surface area contributed by atoms with Crippen LogP contribution in [0.4, 0.5) is 0 Å². The summed E-state index contributed by atoms with van der Waals surface area (Å²) in [4.78, 5) is 20.6. The van der Waals surface area contributed by atoms with E-state index in [9.17, 15) is 9.90 Å². The third-order valence-corrected chi connectivity index (χ3v) is 5.50. The lowest BCUT2D eigenvalue weighted by molar-refractivity contribution is -0.160. The number of carbonyl (C=O) groups is 1. The van der Waals surface area contributed by atoms with Crippen molar-refractivity contribution in [2.45, 2.75) is 44.6 Å². The highest BCUT2D eigenvalue weighted by Crippen LogP contribution is 2.30. The lowest BCUT2D eigenvalue weighted by Gasteiger charge is -2.22. The predicted molar refractivity (Wildman–Crippen MR) is 114 cm³/mol. The first-order valence-corrected chi connectivity index (χ1v) is 10.5. The molecule has 1 aliphatic rings. The van der Waals surface area contributed by atoms with Gasteiger partial charge >= 0.3 is 5.97 Å². The zero-order valence-corrected chi connectivity index (χ0v) is 17.5. The molecule has 162 valence electrons. The molecule has 0 spiro atoms. The Labute approximate surface area is 181 Å².